The highest BCUT2D eigenvalue weighted by molar-refractivity contribution is 5.94. The third kappa shape index (κ3) is 5.59. The quantitative estimate of drug-likeness (QED) is 0.649. The molecule has 1 aromatic carbocycles. The molecule has 3 heterocycles. The topological polar surface area (TPSA) is 97.3 Å². The van der Waals surface area contributed by atoms with Gasteiger partial charge in [-0.05, 0) is 56.0 Å². The summed E-state index contributed by atoms with van der Waals surface area (Å²) < 4.78 is 7.29. The fourth-order valence-electron chi connectivity index (χ4n) is 3.76. The molecule has 0 aliphatic carbocycles. The van der Waals surface area contributed by atoms with Gasteiger partial charge in [-0.25, -0.2) is 0 Å². The van der Waals surface area contributed by atoms with Crippen molar-refractivity contribution < 1.29 is 14.3 Å². The highest BCUT2D eigenvalue weighted by atomic mass is 35.5. The SMILES string of the molecule is Cl.O=C(NCc1cccc(NC(=O)C2CCCO2)c1)c1ccn(C2CCCNC2)n1. The first kappa shape index (κ1) is 22.3. The molecular weight excluding hydrogens is 406 g/mol. The van der Waals surface area contributed by atoms with Crippen LogP contribution in [0, 0.1) is 0 Å². The first-order valence-electron chi connectivity index (χ1n) is 10.2. The van der Waals surface area contributed by atoms with Crippen LogP contribution in [0.25, 0.3) is 0 Å². The third-order valence-corrected chi connectivity index (χ3v) is 5.36. The molecule has 30 heavy (non-hydrogen) atoms. The van der Waals surface area contributed by atoms with E-state index < -0.39 is 0 Å². The molecule has 4 rings (SSSR count). The van der Waals surface area contributed by atoms with Crippen molar-refractivity contribution in [3.8, 4) is 0 Å². The van der Waals surface area contributed by atoms with Crippen LogP contribution in [0.2, 0.25) is 0 Å². The van der Waals surface area contributed by atoms with Gasteiger partial charge < -0.3 is 20.7 Å². The van der Waals surface area contributed by atoms with E-state index >= 15 is 0 Å². The van der Waals surface area contributed by atoms with Crippen LogP contribution in [0.5, 0.6) is 0 Å². The van der Waals surface area contributed by atoms with Gasteiger partial charge in [-0.2, -0.15) is 5.10 Å². The molecule has 0 saturated carbocycles. The summed E-state index contributed by atoms with van der Waals surface area (Å²) in [6.45, 7) is 2.92. The molecular formula is C21H28ClN5O3. The number of rotatable bonds is 6. The molecule has 0 radical (unpaired) electrons. The fraction of sp³-hybridized carbons (Fsp3) is 0.476. The Morgan fingerprint density at radius 3 is 2.90 bits per heavy atom. The lowest BCUT2D eigenvalue weighted by Gasteiger charge is -2.22. The van der Waals surface area contributed by atoms with Crippen LogP contribution in [0.15, 0.2) is 36.5 Å². The van der Waals surface area contributed by atoms with E-state index in [1.165, 1.54) is 0 Å². The Morgan fingerprint density at radius 2 is 2.13 bits per heavy atom. The van der Waals surface area contributed by atoms with E-state index in [9.17, 15) is 9.59 Å². The van der Waals surface area contributed by atoms with Gasteiger partial charge in [0.1, 0.15) is 11.8 Å². The van der Waals surface area contributed by atoms with Gasteiger partial charge in [0.2, 0.25) is 0 Å². The average molecular weight is 434 g/mol. The number of halogens is 1. The number of carbonyl (C=O) groups excluding carboxylic acids is 2. The van der Waals surface area contributed by atoms with Crippen LogP contribution < -0.4 is 16.0 Å². The molecule has 1 aromatic heterocycles. The molecule has 2 aliphatic heterocycles. The average Bonchev–Trinajstić information content (AvgIpc) is 3.45. The summed E-state index contributed by atoms with van der Waals surface area (Å²) in [5.41, 5.74) is 2.02. The van der Waals surface area contributed by atoms with Gasteiger partial charge in [0.25, 0.3) is 11.8 Å². The number of anilines is 1. The normalized spacial score (nSPS) is 20.9. The van der Waals surface area contributed by atoms with Crippen LogP contribution >= 0.6 is 12.4 Å². The Balaban J connectivity index is 0.00000256. The van der Waals surface area contributed by atoms with Crippen molar-refractivity contribution in [3.63, 3.8) is 0 Å². The van der Waals surface area contributed by atoms with Gasteiger partial charge >= 0.3 is 0 Å². The number of amides is 2. The van der Waals surface area contributed by atoms with Gasteiger partial charge in [-0.1, -0.05) is 12.1 Å². The maximum Gasteiger partial charge on any atom is 0.272 e. The number of nitrogens with one attached hydrogen (secondary N) is 3. The highest BCUT2D eigenvalue weighted by Gasteiger charge is 2.23. The number of carbonyl (C=O) groups is 2. The second-order valence-corrected chi connectivity index (χ2v) is 7.56. The summed E-state index contributed by atoms with van der Waals surface area (Å²) in [5.74, 6) is -0.326. The maximum atomic E-state index is 12.5. The molecule has 2 aliphatic rings. The molecule has 2 atom stereocenters. The molecule has 2 amide bonds. The largest absolute Gasteiger partial charge is 0.368 e. The molecule has 2 fully saturated rings. The van der Waals surface area contributed by atoms with Gasteiger partial charge in [0, 0.05) is 31.6 Å². The Bertz CT molecular complexity index is 860. The molecule has 0 spiro atoms. The smallest absolute Gasteiger partial charge is 0.272 e. The highest BCUT2D eigenvalue weighted by Crippen LogP contribution is 2.17. The predicted molar refractivity (Wildman–Crippen MR) is 116 cm³/mol. The summed E-state index contributed by atoms with van der Waals surface area (Å²) in [7, 11) is 0. The second kappa shape index (κ2) is 10.6. The summed E-state index contributed by atoms with van der Waals surface area (Å²) in [6.07, 6.45) is 5.36. The molecule has 2 saturated heterocycles. The van der Waals surface area contributed by atoms with Crippen LogP contribution in [-0.4, -0.2) is 47.4 Å². The summed E-state index contributed by atoms with van der Waals surface area (Å²) >= 11 is 0. The van der Waals surface area contributed by atoms with Crippen LogP contribution in [0.4, 0.5) is 5.69 Å². The van der Waals surface area contributed by atoms with E-state index in [0.717, 1.165) is 44.3 Å². The molecule has 3 N–H and O–H groups in total. The molecule has 9 heteroatoms. The minimum absolute atomic E-state index is 0. The van der Waals surface area contributed by atoms with Crippen molar-refractivity contribution in [2.45, 2.75) is 44.4 Å². The summed E-state index contributed by atoms with van der Waals surface area (Å²) in [5, 5.41) is 13.6. The Labute approximate surface area is 182 Å². The predicted octanol–water partition coefficient (Wildman–Crippen LogP) is 2.28. The zero-order chi connectivity index (χ0) is 20.1. The zero-order valence-corrected chi connectivity index (χ0v) is 17.6. The van der Waals surface area contributed by atoms with E-state index in [0.29, 0.717) is 30.6 Å². The minimum Gasteiger partial charge on any atom is -0.368 e. The Hall–Kier alpha value is -2.42. The number of ether oxygens (including phenoxy) is 1. The van der Waals surface area contributed by atoms with Crippen molar-refractivity contribution in [1.29, 1.82) is 0 Å². The second-order valence-electron chi connectivity index (χ2n) is 7.56. The lowest BCUT2D eigenvalue weighted by molar-refractivity contribution is -0.124. The number of aromatic nitrogens is 2. The van der Waals surface area contributed by atoms with Crippen molar-refractivity contribution in [3.05, 3.63) is 47.8 Å². The van der Waals surface area contributed by atoms with E-state index in [-0.39, 0.29) is 30.3 Å². The summed E-state index contributed by atoms with van der Waals surface area (Å²) in [4.78, 5) is 24.7. The maximum absolute atomic E-state index is 12.5. The van der Waals surface area contributed by atoms with Crippen LogP contribution in [0.3, 0.4) is 0 Å². The number of piperidine rings is 1. The van der Waals surface area contributed by atoms with Crippen molar-refractivity contribution >= 4 is 29.9 Å². The van der Waals surface area contributed by atoms with Crippen LogP contribution in [-0.2, 0) is 16.1 Å². The summed E-state index contributed by atoms with van der Waals surface area (Å²) in [6, 6.07) is 9.51. The molecule has 0 bridgehead atoms. The Morgan fingerprint density at radius 1 is 1.23 bits per heavy atom. The van der Waals surface area contributed by atoms with Gasteiger partial charge in [0.15, 0.2) is 0 Å². The van der Waals surface area contributed by atoms with E-state index in [1.54, 1.807) is 6.07 Å². The van der Waals surface area contributed by atoms with Crippen molar-refractivity contribution in [2.75, 3.05) is 25.0 Å². The van der Waals surface area contributed by atoms with Crippen molar-refractivity contribution in [2.24, 2.45) is 0 Å². The lowest BCUT2D eigenvalue weighted by atomic mass is 10.1. The first-order chi connectivity index (χ1) is 14.2. The fourth-order valence-corrected chi connectivity index (χ4v) is 3.76. The number of hydrogen-bond donors (Lipinski definition) is 3. The number of hydrogen-bond acceptors (Lipinski definition) is 5. The van der Waals surface area contributed by atoms with Crippen LogP contribution in [0.1, 0.15) is 47.8 Å². The molecule has 8 nitrogen and oxygen atoms in total. The standard InChI is InChI=1S/C21H27N5O3.ClH/c27-20(18-8-10-26(25-18)17-6-2-9-22-14-17)23-13-15-4-1-5-16(12-15)24-21(28)19-7-3-11-29-19;/h1,4-5,8,10,12,17,19,22H,2-3,6-7,9,11,13-14H2,(H,23,27)(H,24,28);1H. The van der Waals surface area contributed by atoms with Gasteiger partial charge in [-0.3, -0.25) is 14.3 Å². The number of nitrogens with zero attached hydrogens (tertiary/aromatic N) is 2. The van der Waals surface area contributed by atoms with Gasteiger partial charge in [0.05, 0.1) is 6.04 Å². The lowest BCUT2D eigenvalue weighted by Crippen LogP contribution is -2.32. The first-order valence-corrected chi connectivity index (χ1v) is 10.2. The Kier molecular flexibility index (Phi) is 7.84. The molecule has 2 unspecified atom stereocenters. The van der Waals surface area contributed by atoms with E-state index in [2.05, 4.69) is 21.0 Å². The molecule has 162 valence electrons. The van der Waals surface area contributed by atoms with E-state index in [4.69, 9.17) is 4.74 Å². The zero-order valence-electron chi connectivity index (χ0n) is 16.8. The third-order valence-electron chi connectivity index (χ3n) is 5.36. The number of benzene rings is 1. The van der Waals surface area contributed by atoms with Crippen molar-refractivity contribution in [1.82, 2.24) is 20.4 Å². The van der Waals surface area contributed by atoms with E-state index in [1.807, 2.05) is 35.1 Å². The van der Waals surface area contributed by atoms with Gasteiger partial charge in [-0.15, -0.1) is 12.4 Å². The monoisotopic (exact) mass is 433 g/mol. The minimum atomic E-state index is -0.368. The molecule has 2 aromatic rings.